The summed E-state index contributed by atoms with van der Waals surface area (Å²) < 4.78 is 5.74. The van der Waals surface area contributed by atoms with Gasteiger partial charge in [-0.1, -0.05) is 31.2 Å². The summed E-state index contributed by atoms with van der Waals surface area (Å²) in [5.74, 6) is 0.0931. The lowest BCUT2D eigenvalue weighted by Gasteiger charge is -2.29. The average Bonchev–Trinajstić information content (AvgIpc) is 3.20. The summed E-state index contributed by atoms with van der Waals surface area (Å²) in [6, 6.07) is 0. The van der Waals surface area contributed by atoms with Gasteiger partial charge in [-0.15, -0.1) is 0 Å². The van der Waals surface area contributed by atoms with Crippen molar-refractivity contribution in [1.29, 1.82) is 0 Å². The second-order valence-corrected chi connectivity index (χ2v) is 9.48. The van der Waals surface area contributed by atoms with Gasteiger partial charge < -0.3 is 25.0 Å². The molecule has 4 rings (SSSR count). The summed E-state index contributed by atoms with van der Waals surface area (Å²) in [6.45, 7) is 8.41. The summed E-state index contributed by atoms with van der Waals surface area (Å²) in [5, 5.41) is 28.7. The summed E-state index contributed by atoms with van der Waals surface area (Å²) in [5.41, 5.74) is 5.57. The Kier molecular flexibility index (Phi) is 6.61. The Morgan fingerprint density at radius 3 is 2.79 bits per heavy atom. The third kappa shape index (κ3) is 4.69. The van der Waals surface area contributed by atoms with Crippen LogP contribution < -0.4 is 16.0 Å². The number of fused-ring (bicyclic) bond motifs is 1. The normalized spacial score (nSPS) is 22.6. The van der Waals surface area contributed by atoms with E-state index in [4.69, 9.17) is 4.52 Å². The molecule has 2 heterocycles. The maximum atomic E-state index is 12.8. The molecule has 1 aromatic rings. The average molecular weight is 452 g/mol. The zero-order valence-electron chi connectivity index (χ0n) is 19.9. The number of piperidine rings is 1. The second kappa shape index (κ2) is 9.43. The molecule has 0 aromatic carbocycles. The number of nitrogens with one attached hydrogen (secondary N) is 1. The van der Waals surface area contributed by atoms with Crippen LogP contribution in [0.3, 0.4) is 0 Å². The highest BCUT2D eigenvalue weighted by molar-refractivity contribution is 5.93. The van der Waals surface area contributed by atoms with Crippen LogP contribution in [0.1, 0.15) is 56.9 Å². The van der Waals surface area contributed by atoms with Crippen molar-refractivity contribution in [3.05, 3.63) is 62.8 Å². The Morgan fingerprint density at radius 1 is 1.27 bits per heavy atom. The highest BCUT2D eigenvalue weighted by Gasteiger charge is 2.25. The molecule has 7 nitrogen and oxygen atoms in total. The Bertz CT molecular complexity index is 1210. The molecule has 1 aromatic heterocycles. The Morgan fingerprint density at radius 2 is 2.06 bits per heavy atom. The molecule has 176 valence electrons. The van der Waals surface area contributed by atoms with E-state index in [1.165, 1.54) is 17.2 Å². The highest BCUT2D eigenvalue weighted by Crippen LogP contribution is 2.31. The molecule has 1 amide bonds. The van der Waals surface area contributed by atoms with E-state index in [0.717, 1.165) is 30.7 Å². The van der Waals surface area contributed by atoms with Crippen LogP contribution in [0.4, 0.5) is 0 Å². The minimum absolute atomic E-state index is 0.0561. The number of carbonyl (C=O) groups excluding carboxylic acids is 1. The zero-order valence-corrected chi connectivity index (χ0v) is 19.9. The SMILES string of the molecule is CCNC(=O)c1noc(=C2CC(CC(C)C)=C(O)C=C2O)c1=C1C=C2CCN(C)CC2=CC1. The number of amides is 1. The van der Waals surface area contributed by atoms with Crippen LogP contribution in [-0.4, -0.2) is 52.9 Å². The van der Waals surface area contributed by atoms with Crippen LogP contribution in [0.15, 0.2) is 51.0 Å². The lowest BCUT2D eigenvalue weighted by Crippen LogP contribution is -2.36. The first-order valence-corrected chi connectivity index (χ1v) is 11.7. The summed E-state index contributed by atoms with van der Waals surface area (Å²) >= 11 is 0. The summed E-state index contributed by atoms with van der Waals surface area (Å²) in [6.07, 6.45) is 8.40. The molecule has 33 heavy (non-hydrogen) atoms. The molecule has 0 spiro atoms. The molecule has 3 N–H and O–H groups in total. The molecule has 1 saturated heterocycles. The second-order valence-electron chi connectivity index (χ2n) is 9.48. The first kappa shape index (κ1) is 23.1. The van der Waals surface area contributed by atoms with E-state index < -0.39 is 0 Å². The standard InChI is InChI=1S/C26H33N3O4/c1-5-27-26(32)24-23(17-6-7-18-14-29(4)9-8-16(18)11-17)25(33-28-24)20-12-19(10-15(2)3)21(30)13-22(20)31/h7,11,13,15,30-31H,5-6,8-10,12,14H2,1-4H3,(H,27,32). The predicted octanol–water partition coefficient (Wildman–Crippen LogP) is 3.02. The largest absolute Gasteiger partial charge is 0.508 e. The van der Waals surface area contributed by atoms with Gasteiger partial charge in [0.15, 0.2) is 11.1 Å². The predicted molar refractivity (Wildman–Crippen MR) is 128 cm³/mol. The number of aromatic nitrogens is 1. The number of nitrogens with zero attached hydrogens (tertiary/aromatic N) is 2. The number of rotatable bonds is 4. The first-order valence-electron chi connectivity index (χ1n) is 11.7. The number of aliphatic hydroxyl groups excluding tert-OH is 2. The van der Waals surface area contributed by atoms with Crippen LogP contribution in [0.25, 0.3) is 11.1 Å². The smallest absolute Gasteiger partial charge is 0.274 e. The lowest BCUT2D eigenvalue weighted by molar-refractivity contribution is 0.0946. The van der Waals surface area contributed by atoms with E-state index in [-0.39, 0.29) is 23.1 Å². The third-order valence-corrected chi connectivity index (χ3v) is 6.36. The third-order valence-electron chi connectivity index (χ3n) is 6.36. The Balaban J connectivity index is 1.92. The molecule has 0 unspecified atom stereocenters. The number of aliphatic hydroxyl groups is 2. The molecular weight excluding hydrogens is 418 g/mol. The van der Waals surface area contributed by atoms with Crippen molar-refractivity contribution < 1.29 is 19.5 Å². The fourth-order valence-corrected chi connectivity index (χ4v) is 4.75. The highest BCUT2D eigenvalue weighted by atomic mass is 16.5. The maximum absolute atomic E-state index is 12.8. The monoisotopic (exact) mass is 451 g/mol. The van der Waals surface area contributed by atoms with E-state index in [0.29, 0.717) is 47.9 Å². The van der Waals surface area contributed by atoms with Crippen LogP contribution in [0.2, 0.25) is 0 Å². The van der Waals surface area contributed by atoms with Crippen LogP contribution in [0, 0.1) is 5.92 Å². The van der Waals surface area contributed by atoms with Crippen molar-refractivity contribution in [3.8, 4) is 0 Å². The van der Waals surface area contributed by atoms with Gasteiger partial charge in [-0.05, 0) is 61.4 Å². The molecule has 1 aliphatic heterocycles. The van der Waals surface area contributed by atoms with Crippen molar-refractivity contribution in [2.24, 2.45) is 5.92 Å². The van der Waals surface area contributed by atoms with Crippen molar-refractivity contribution in [2.45, 2.75) is 46.5 Å². The number of carbonyl (C=O) groups is 1. The van der Waals surface area contributed by atoms with E-state index in [1.807, 2.05) is 6.92 Å². The molecule has 0 atom stereocenters. The van der Waals surface area contributed by atoms with Gasteiger partial charge in [0.2, 0.25) is 0 Å². The molecule has 1 fully saturated rings. The van der Waals surface area contributed by atoms with Gasteiger partial charge in [0.05, 0.1) is 5.22 Å². The summed E-state index contributed by atoms with van der Waals surface area (Å²) in [7, 11) is 2.12. The molecular formula is C26H33N3O4. The molecule has 7 heteroatoms. The molecule has 0 saturated carbocycles. The van der Waals surface area contributed by atoms with Gasteiger partial charge >= 0.3 is 0 Å². The van der Waals surface area contributed by atoms with E-state index in [1.54, 1.807) is 0 Å². The number of likely N-dealkylation sites (N-methyl/N-ethyl adjacent to an activating group) is 1. The van der Waals surface area contributed by atoms with Gasteiger partial charge in [-0.2, -0.15) is 0 Å². The van der Waals surface area contributed by atoms with Gasteiger partial charge in [-0.25, -0.2) is 0 Å². The lowest BCUT2D eigenvalue weighted by atomic mass is 9.87. The first-order chi connectivity index (χ1) is 15.8. The van der Waals surface area contributed by atoms with Crippen molar-refractivity contribution in [2.75, 3.05) is 26.7 Å². The van der Waals surface area contributed by atoms with E-state index in [2.05, 4.69) is 48.4 Å². The Labute approximate surface area is 194 Å². The minimum Gasteiger partial charge on any atom is -0.508 e. The number of allylic oxidation sites excluding steroid dienone is 5. The summed E-state index contributed by atoms with van der Waals surface area (Å²) in [4.78, 5) is 15.1. The van der Waals surface area contributed by atoms with Gasteiger partial charge in [0.25, 0.3) is 5.91 Å². The number of hydrogen-bond donors (Lipinski definition) is 3. The zero-order chi connectivity index (χ0) is 23.7. The van der Waals surface area contributed by atoms with Gasteiger partial charge in [0, 0.05) is 37.7 Å². The van der Waals surface area contributed by atoms with Crippen LogP contribution in [0.5, 0.6) is 0 Å². The number of hydrogen-bond acceptors (Lipinski definition) is 6. The Hall–Kier alpha value is -3.06. The minimum atomic E-state index is -0.299. The maximum Gasteiger partial charge on any atom is 0.274 e. The molecule has 3 aliphatic rings. The van der Waals surface area contributed by atoms with Crippen LogP contribution >= 0.6 is 0 Å². The van der Waals surface area contributed by atoms with Crippen molar-refractivity contribution >= 4 is 17.1 Å². The van der Waals surface area contributed by atoms with E-state index >= 15 is 0 Å². The van der Waals surface area contributed by atoms with E-state index in [9.17, 15) is 15.0 Å². The molecule has 2 aliphatic carbocycles. The fourth-order valence-electron chi connectivity index (χ4n) is 4.75. The van der Waals surface area contributed by atoms with Crippen molar-refractivity contribution in [1.82, 2.24) is 15.4 Å². The molecule has 0 radical (unpaired) electrons. The number of likely N-dealkylation sites (tertiary alicyclic amines) is 1. The fraction of sp³-hybridized carbons (Fsp3) is 0.462. The van der Waals surface area contributed by atoms with Crippen molar-refractivity contribution in [3.63, 3.8) is 0 Å². The van der Waals surface area contributed by atoms with Gasteiger partial charge in [-0.3, -0.25) is 4.79 Å². The van der Waals surface area contributed by atoms with Crippen LogP contribution in [-0.2, 0) is 0 Å². The topological polar surface area (TPSA) is 98.8 Å². The quantitative estimate of drug-likeness (QED) is 0.651. The molecule has 0 bridgehead atoms. The van der Waals surface area contributed by atoms with Gasteiger partial charge in [0.1, 0.15) is 11.5 Å².